The van der Waals surface area contributed by atoms with Gasteiger partial charge in [-0.25, -0.2) is 4.79 Å². The van der Waals surface area contributed by atoms with Crippen molar-refractivity contribution in [3.8, 4) is 17.2 Å². The molecule has 1 aliphatic heterocycles. The molecule has 1 aromatic heterocycles. The fourth-order valence-corrected chi connectivity index (χ4v) is 4.41. The zero-order valence-electron chi connectivity index (χ0n) is 18.5. The van der Waals surface area contributed by atoms with Gasteiger partial charge in [0, 0.05) is 28.8 Å². The number of carboxylic acids is 1. The van der Waals surface area contributed by atoms with Crippen molar-refractivity contribution in [3.63, 3.8) is 0 Å². The highest BCUT2D eigenvalue weighted by atomic mass is 16.5. The monoisotopic (exact) mass is 440 g/mol. The van der Waals surface area contributed by atoms with Gasteiger partial charge in [0.15, 0.2) is 0 Å². The molecule has 0 saturated heterocycles. The van der Waals surface area contributed by atoms with Crippen LogP contribution in [0.4, 0.5) is 11.4 Å². The van der Waals surface area contributed by atoms with Gasteiger partial charge in [0.05, 0.1) is 17.8 Å². The first-order valence-corrected chi connectivity index (χ1v) is 11.0. The minimum absolute atomic E-state index is 0.389. The molecule has 0 saturated carbocycles. The van der Waals surface area contributed by atoms with E-state index in [1.165, 1.54) is 0 Å². The maximum absolute atomic E-state index is 12.3. The Kier molecular flexibility index (Phi) is 5.34. The predicted octanol–water partition coefficient (Wildman–Crippen LogP) is 5.88. The van der Waals surface area contributed by atoms with Crippen LogP contribution >= 0.6 is 0 Å². The standard InChI is InChI=1S/C27H24N2O4/c1-3-32-21-13-14-24-23(15-21)26-22(17(2)28-24)16-25(27(30)31)29(26)18-9-11-20(12-10-18)33-19-7-5-4-6-8-19/h4-15,25H,3,16H2,1-2H3,(H,30,31). The molecule has 0 fully saturated rings. The fraction of sp³-hybridized carbons (Fsp3) is 0.185. The molecule has 166 valence electrons. The Labute approximate surface area is 192 Å². The number of carbonyl (C=O) groups is 1. The lowest BCUT2D eigenvalue weighted by Crippen LogP contribution is -2.35. The Morgan fingerprint density at radius 1 is 1.03 bits per heavy atom. The number of anilines is 2. The van der Waals surface area contributed by atoms with E-state index in [1.807, 2.05) is 91.5 Å². The van der Waals surface area contributed by atoms with Crippen LogP contribution in [0.1, 0.15) is 18.2 Å². The molecule has 0 amide bonds. The van der Waals surface area contributed by atoms with Gasteiger partial charge < -0.3 is 19.5 Å². The SMILES string of the molecule is CCOc1ccc2nc(C)c3c(c2c1)N(c1ccc(Oc2ccccc2)cc1)C(C(=O)O)C3. The molecule has 1 atom stereocenters. The van der Waals surface area contributed by atoms with Crippen molar-refractivity contribution < 1.29 is 19.4 Å². The number of nitrogens with zero attached hydrogens (tertiary/aromatic N) is 2. The third-order valence-electron chi connectivity index (χ3n) is 5.87. The normalized spacial score (nSPS) is 14.8. The summed E-state index contributed by atoms with van der Waals surface area (Å²) in [7, 11) is 0. The van der Waals surface area contributed by atoms with E-state index < -0.39 is 12.0 Å². The zero-order chi connectivity index (χ0) is 22.9. The van der Waals surface area contributed by atoms with Crippen LogP contribution < -0.4 is 14.4 Å². The summed E-state index contributed by atoms with van der Waals surface area (Å²) in [4.78, 5) is 18.9. The van der Waals surface area contributed by atoms with Crippen molar-refractivity contribution in [2.75, 3.05) is 11.5 Å². The van der Waals surface area contributed by atoms with Crippen LogP contribution in [0, 0.1) is 6.92 Å². The van der Waals surface area contributed by atoms with E-state index >= 15 is 0 Å². The van der Waals surface area contributed by atoms with Crippen LogP contribution in [0.2, 0.25) is 0 Å². The topological polar surface area (TPSA) is 71.9 Å². The zero-order valence-corrected chi connectivity index (χ0v) is 18.5. The summed E-state index contributed by atoms with van der Waals surface area (Å²) in [5.41, 5.74) is 4.28. The van der Waals surface area contributed by atoms with Crippen molar-refractivity contribution >= 4 is 28.2 Å². The highest BCUT2D eigenvalue weighted by Gasteiger charge is 2.38. The molecular formula is C27H24N2O4. The molecule has 1 N–H and O–H groups in total. The van der Waals surface area contributed by atoms with E-state index in [0.29, 0.717) is 18.8 Å². The van der Waals surface area contributed by atoms with E-state index in [0.717, 1.165) is 45.0 Å². The first-order chi connectivity index (χ1) is 16.0. The third kappa shape index (κ3) is 3.84. The maximum atomic E-state index is 12.3. The van der Waals surface area contributed by atoms with Crippen LogP contribution in [0.5, 0.6) is 17.2 Å². The number of carboxylic acid groups (broad SMARTS) is 1. The number of para-hydroxylation sites is 1. The average molecular weight is 440 g/mol. The number of benzene rings is 3. The number of fused-ring (bicyclic) bond motifs is 3. The molecule has 0 radical (unpaired) electrons. The minimum Gasteiger partial charge on any atom is -0.494 e. The van der Waals surface area contributed by atoms with E-state index in [-0.39, 0.29) is 0 Å². The molecule has 5 rings (SSSR count). The number of aryl methyl sites for hydroxylation is 1. The van der Waals surface area contributed by atoms with Crippen LogP contribution in [0.25, 0.3) is 10.9 Å². The van der Waals surface area contributed by atoms with Gasteiger partial charge in [0.25, 0.3) is 0 Å². The largest absolute Gasteiger partial charge is 0.494 e. The molecule has 0 aliphatic carbocycles. The second-order valence-electron chi connectivity index (χ2n) is 7.97. The summed E-state index contributed by atoms with van der Waals surface area (Å²) in [5.74, 6) is 1.30. The summed E-state index contributed by atoms with van der Waals surface area (Å²) in [6.07, 6.45) is 0.389. The van der Waals surface area contributed by atoms with Crippen molar-refractivity contribution in [2.24, 2.45) is 0 Å². The van der Waals surface area contributed by atoms with Crippen LogP contribution in [0.15, 0.2) is 72.8 Å². The highest BCUT2D eigenvalue weighted by molar-refractivity contribution is 6.01. The number of pyridine rings is 1. The Hall–Kier alpha value is -4.06. The van der Waals surface area contributed by atoms with Gasteiger partial charge in [-0.05, 0) is 68.4 Å². The van der Waals surface area contributed by atoms with Crippen molar-refractivity contribution in [2.45, 2.75) is 26.3 Å². The first kappa shape index (κ1) is 20.8. The minimum atomic E-state index is -0.871. The molecule has 1 aliphatic rings. The molecule has 1 unspecified atom stereocenters. The number of ether oxygens (including phenoxy) is 2. The van der Waals surface area contributed by atoms with Crippen LogP contribution in [0.3, 0.4) is 0 Å². The van der Waals surface area contributed by atoms with Gasteiger partial charge in [-0.15, -0.1) is 0 Å². The molecule has 6 nitrogen and oxygen atoms in total. The number of aromatic nitrogens is 1. The second-order valence-corrected chi connectivity index (χ2v) is 7.97. The van der Waals surface area contributed by atoms with Crippen molar-refractivity contribution in [1.29, 1.82) is 0 Å². The van der Waals surface area contributed by atoms with Gasteiger partial charge >= 0.3 is 5.97 Å². The molecule has 4 aromatic rings. The molecule has 6 heteroatoms. The lowest BCUT2D eigenvalue weighted by Gasteiger charge is -2.26. The van der Waals surface area contributed by atoms with Crippen LogP contribution in [-0.2, 0) is 11.2 Å². The summed E-state index contributed by atoms with van der Waals surface area (Å²) >= 11 is 0. The summed E-state index contributed by atoms with van der Waals surface area (Å²) in [6.45, 7) is 4.43. The summed E-state index contributed by atoms with van der Waals surface area (Å²) in [6, 6.07) is 22.1. The number of hydrogen-bond acceptors (Lipinski definition) is 5. The fourth-order valence-electron chi connectivity index (χ4n) is 4.41. The summed E-state index contributed by atoms with van der Waals surface area (Å²) < 4.78 is 11.6. The average Bonchev–Trinajstić information content (AvgIpc) is 3.23. The molecule has 0 spiro atoms. The Morgan fingerprint density at radius 2 is 1.73 bits per heavy atom. The third-order valence-corrected chi connectivity index (χ3v) is 5.87. The van der Waals surface area contributed by atoms with E-state index in [1.54, 1.807) is 0 Å². The molecule has 33 heavy (non-hydrogen) atoms. The molecule has 3 aromatic carbocycles. The second kappa shape index (κ2) is 8.47. The maximum Gasteiger partial charge on any atom is 0.327 e. The number of rotatable bonds is 6. The van der Waals surface area contributed by atoms with Gasteiger partial charge in [-0.2, -0.15) is 0 Å². The van der Waals surface area contributed by atoms with Gasteiger partial charge in [-0.3, -0.25) is 4.98 Å². The predicted molar refractivity (Wildman–Crippen MR) is 128 cm³/mol. The molecular weight excluding hydrogens is 416 g/mol. The van der Waals surface area contributed by atoms with Crippen LogP contribution in [-0.4, -0.2) is 28.7 Å². The Balaban J connectivity index is 1.60. The van der Waals surface area contributed by atoms with Gasteiger partial charge in [0.1, 0.15) is 23.3 Å². The molecule has 2 heterocycles. The highest BCUT2D eigenvalue weighted by Crippen LogP contribution is 2.45. The van der Waals surface area contributed by atoms with Crippen molar-refractivity contribution in [1.82, 2.24) is 4.98 Å². The summed E-state index contributed by atoms with van der Waals surface area (Å²) in [5, 5.41) is 10.9. The number of hydrogen-bond donors (Lipinski definition) is 1. The Morgan fingerprint density at radius 3 is 2.42 bits per heavy atom. The Bertz CT molecular complexity index is 1320. The number of aliphatic carboxylic acids is 1. The molecule has 0 bridgehead atoms. The van der Waals surface area contributed by atoms with E-state index in [9.17, 15) is 9.90 Å². The van der Waals surface area contributed by atoms with E-state index in [4.69, 9.17) is 14.5 Å². The van der Waals surface area contributed by atoms with E-state index in [2.05, 4.69) is 0 Å². The van der Waals surface area contributed by atoms with Gasteiger partial charge in [-0.1, -0.05) is 18.2 Å². The smallest absolute Gasteiger partial charge is 0.327 e. The van der Waals surface area contributed by atoms with Crippen molar-refractivity contribution in [3.05, 3.63) is 84.1 Å². The first-order valence-electron chi connectivity index (χ1n) is 11.0. The lowest BCUT2D eigenvalue weighted by molar-refractivity contribution is -0.138. The quantitative estimate of drug-likeness (QED) is 0.404. The van der Waals surface area contributed by atoms with Gasteiger partial charge in [0.2, 0.25) is 0 Å². The lowest BCUT2D eigenvalue weighted by atomic mass is 10.0.